The van der Waals surface area contributed by atoms with Gasteiger partial charge in [0.2, 0.25) is 11.8 Å². The number of hydrogen-bond donors (Lipinski definition) is 1. The van der Waals surface area contributed by atoms with Crippen molar-refractivity contribution in [3.05, 3.63) is 35.8 Å². The zero-order valence-electron chi connectivity index (χ0n) is 15.8. The fourth-order valence-electron chi connectivity index (χ4n) is 3.16. The van der Waals surface area contributed by atoms with Gasteiger partial charge in [-0.2, -0.15) is 0 Å². The normalized spacial score (nSPS) is 20.2. The van der Waals surface area contributed by atoms with Gasteiger partial charge in [-0.25, -0.2) is 14.4 Å². The molecular weight excluding hydrogens is 333 g/mol. The number of H-pyrrole nitrogens is 1. The van der Waals surface area contributed by atoms with Crippen molar-refractivity contribution in [3.8, 4) is 0 Å². The third-order valence-electron chi connectivity index (χ3n) is 4.36. The predicted molar refractivity (Wildman–Crippen MR) is 102 cm³/mol. The number of hydrogen-bond acceptors (Lipinski definition) is 4. The quantitative estimate of drug-likeness (QED) is 0.873. The molecule has 1 N–H and O–H groups in total. The molecule has 2 aromatic rings. The second-order valence-electron chi connectivity index (χ2n) is 6.74. The Balaban J connectivity index is 1.90. The molecule has 0 unspecified atom stereocenters. The van der Waals surface area contributed by atoms with Crippen LogP contribution in [0.2, 0.25) is 0 Å². The Bertz CT molecular complexity index is 826. The molecule has 140 valence electrons. The molecule has 26 heavy (non-hydrogen) atoms. The van der Waals surface area contributed by atoms with E-state index in [1.165, 1.54) is 12.1 Å². The van der Waals surface area contributed by atoms with Crippen LogP contribution in [0.5, 0.6) is 0 Å². The topological polar surface area (TPSA) is 59.0 Å². The van der Waals surface area contributed by atoms with Crippen molar-refractivity contribution in [1.29, 1.82) is 0 Å². The van der Waals surface area contributed by atoms with E-state index in [1.807, 2.05) is 19.9 Å². The van der Waals surface area contributed by atoms with Gasteiger partial charge in [-0.3, -0.25) is 0 Å². The van der Waals surface area contributed by atoms with E-state index < -0.39 is 0 Å². The molecule has 0 saturated carbocycles. The van der Waals surface area contributed by atoms with Gasteiger partial charge in [0.05, 0.1) is 13.2 Å². The smallest absolute Gasteiger partial charge is 0.210 e. The van der Waals surface area contributed by atoms with E-state index in [0.29, 0.717) is 31.4 Å². The maximum Gasteiger partial charge on any atom is 0.210 e. The maximum atomic E-state index is 13.4. The first-order valence-electron chi connectivity index (χ1n) is 9.19. The minimum Gasteiger partial charge on any atom is -0.480 e. The van der Waals surface area contributed by atoms with E-state index >= 15 is 0 Å². The van der Waals surface area contributed by atoms with Crippen molar-refractivity contribution in [2.24, 2.45) is 15.9 Å². The third kappa shape index (κ3) is 3.89. The predicted octanol–water partition coefficient (Wildman–Crippen LogP) is 4.13. The second-order valence-corrected chi connectivity index (χ2v) is 6.74. The van der Waals surface area contributed by atoms with Crippen LogP contribution in [-0.4, -0.2) is 42.1 Å². The Morgan fingerprint density at radius 3 is 2.50 bits per heavy atom. The lowest BCUT2D eigenvalue weighted by Crippen LogP contribution is -2.39. The lowest BCUT2D eigenvalue weighted by molar-refractivity contribution is 0.275. The summed E-state index contributed by atoms with van der Waals surface area (Å²) in [6, 6.07) is 6.31. The number of halogens is 1. The SMILES string of the molecule is CCOC1=N[C@H](C(C)C)C(OCC)=N[C@H]1Cc1cc2cc(F)ccc2[nH]1. The molecule has 0 spiro atoms. The third-order valence-corrected chi connectivity index (χ3v) is 4.36. The number of fused-ring (bicyclic) bond motifs is 1. The fraction of sp³-hybridized carbons (Fsp3) is 0.500. The van der Waals surface area contributed by atoms with Crippen molar-refractivity contribution in [2.45, 2.75) is 46.2 Å². The van der Waals surface area contributed by atoms with Gasteiger partial charge in [-0.1, -0.05) is 13.8 Å². The summed E-state index contributed by atoms with van der Waals surface area (Å²) in [5, 5.41) is 0.847. The second kappa shape index (κ2) is 7.89. The van der Waals surface area contributed by atoms with Gasteiger partial charge in [-0.15, -0.1) is 0 Å². The number of nitrogens with one attached hydrogen (secondary N) is 1. The van der Waals surface area contributed by atoms with Crippen LogP contribution in [-0.2, 0) is 15.9 Å². The van der Waals surface area contributed by atoms with Gasteiger partial charge in [0, 0.05) is 23.0 Å². The van der Waals surface area contributed by atoms with Crippen LogP contribution < -0.4 is 0 Å². The molecule has 6 heteroatoms. The van der Waals surface area contributed by atoms with Crippen LogP contribution in [0.4, 0.5) is 4.39 Å². The summed E-state index contributed by atoms with van der Waals surface area (Å²) >= 11 is 0. The molecule has 1 aromatic heterocycles. The van der Waals surface area contributed by atoms with E-state index in [2.05, 4.69) is 18.8 Å². The van der Waals surface area contributed by atoms with Crippen molar-refractivity contribution in [1.82, 2.24) is 4.98 Å². The Hall–Kier alpha value is -2.37. The monoisotopic (exact) mass is 359 g/mol. The highest BCUT2D eigenvalue weighted by molar-refractivity contribution is 5.94. The lowest BCUT2D eigenvalue weighted by atomic mass is 10.0. The number of nitrogens with zero attached hydrogens (tertiary/aromatic N) is 2. The number of aromatic nitrogens is 1. The van der Waals surface area contributed by atoms with E-state index in [0.717, 1.165) is 16.6 Å². The van der Waals surface area contributed by atoms with E-state index in [9.17, 15) is 4.39 Å². The first kappa shape index (κ1) is 18.4. The van der Waals surface area contributed by atoms with E-state index in [4.69, 9.17) is 19.5 Å². The Morgan fingerprint density at radius 1 is 1.08 bits per heavy atom. The van der Waals surface area contributed by atoms with Gasteiger partial charge in [-0.05, 0) is 44.0 Å². The zero-order chi connectivity index (χ0) is 18.7. The number of ether oxygens (including phenoxy) is 2. The van der Waals surface area contributed by atoms with Crippen LogP contribution in [0.1, 0.15) is 33.4 Å². The van der Waals surface area contributed by atoms with E-state index in [1.54, 1.807) is 6.07 Å². The van der Waals surface area contributed by atoms with Gasteiger partial charge in [0.1, 0.15) is 17.9 Å². The highest BCUT2D eigenvalue weighted by Crippen LogP contribution is 2.22. The Morgan fingerprint density at radius 2 is 1.81 bits per heavy atom. The largest absolute Gasteiger partial charge is 0.480 e. The van der Waals surface area contributed by atoms with Crippen LogP contribution >= 0.6 is 0 Å². The van der Waals surface area contributed by atoms with E-state index in [-0.39, 0.29) is 23.8 Å². The van der Waals surface area contributed by atoms with Crippen LogP contribution in [0, 0.1) is 11.7 Å². The summed E-state index contributed by atoms with van der Waals surface area (Å²) in [6.07, 6.45) is 0.594. The van der Waals surface area contributed by atoms with Crippen LogP contribution in [0.25, 0.3) is 10.9 Å². The number of aromatic amines is 1. The minimum atomic E-state index is -0.246. The summed E-state index contributed by atoms with van der Waals surface area (Å²) in [6.45, 7) is 9.18. The zero-order valence-corrected chi connectivity index (χ0v) is 15.8. The lowest BCUT2D eigenvalue weighted by Gasteiger charge is -2.28. The molecule has 0 amide bonds. The summed E-state index contributed by atoms with van der Waals surface area (Å²) in [4.78, 5) is 12.9. The molecule has 1 aliphatic heterocycles. The highest BCUT2D eigenvalue weighted by atomic mass is 19.1. The molecule has 3 rings (SSSR count). The molecule has 2 heterocycles. The fourth-order valence-corrected chi connectivity index (χ4v) is 3.16. The molecular formula is C20H26FN3O2. The number of rotatable bonds is 5. The number of aliphatic imine (C=N–C) groups is 2. The molecule has 0 radical (unpaired) electrons. The first-order chi connectivity index (χ1) is 12.5. The van der Waals surface area contributed by atoms with Crippen molar-refractivity contribution >= 4 is 22.7 Å². The number of benzene rings is 1. The minimum absolute atomic E-state index is 0.121. The van der Waals surface area contributed by atoms with Crippen molar-refractivity contribution in [2.75, 3.05) is 13.2 Å². The molecule has 1 aliphatic rings. The average molecular weight is 359 g/mol. The van der Waals surface area contributed by atoms with Gasteiger partial charge < -0.3 is 14.5 Å². The van der Waals surface area contributed by atoms with Gasteiger partial charge in [0.25, 0.3) is 0 Å². The van der Waals surface area contributed by atoms with Crippen molar-refractivity contribution < 1.29 is 13.9 Å². The highest BCUT2D eigenvalue weighted by Gasteiger charge is 2.31. The Labute approximate surface area is 153 Å². The average Bonchev–Trinajstić information content (AvgIpc) is 2.98. The summed E-state index contributed by atoms with van der Waals surface area (Å²) < 4.78 is 25.0. The van der Waals surface area contributed by atoms with Gasteiger partial charge >= 0.3 is 0 Å². The molecule has 2 atom stereocenters. The Kier molecular flexibility index (Phi) is 5.59. The molecule has 0 bridgehead atoms. The van der Waals surface area contributed by atoms with Crippen LogP contribution in [0.15, 0.2) is 34.3 Å². The summed E-state index contributed by atoms with van der Waals surface area (Å²) in [5.41, 5.74) is 1.87. The summed E-state index contributed by atoms with van der Waals surface area (Å²) in [7, 11) is 0. The molecule has 0 fully saturated rings. The van der Waals surface area contributed by atoms with Crippen LogP contribution in [0.3, 0.4) is 0 Å². The summed E-state index contributed by atoms with van der Waals surface area (Å²) in [5.74, 6) is 1.33. The van der Waals surface area contributed by atoms with Crippen molar-refractivity contribution in [3.63, 3.8) is 0 Å². The standard InChI is InChI=1S/C20H26FN3O2/c1-5-25-19-17(23-20(26-6-2)18(24-19)12(3)4)11-15-10-13-9-14(21)7-8-16(13)22-15/h7-10,12,17-18,22H,5-6,11H2,1-4H3/t17-,18+/m0/s1. The molecule has 1 aromatic carbocycles. The maximum absolute atomic E-state index is 13.4. The molecule has 0 saturated heterocycles. The van der Waals surface area contributed by atoms with Gasteiger partial charge in [0.15, 0.2) is 0 Å². The first-order valence-corrected chi connectivity index (χ1v) is 9.19. The molecule has 0 aliphatic carbocycles. The molecule has 5 nitrogen and oxygen atoms in total.